The molecular formula is C55H68O5. The zero-order valence-electron chi connectivity index (χ0n) is 39.0. The Morgan fingerprint density at radius 3 is 1.12 bits per heavy atom. The van der Waals surface area contributed by atoms with E-state index in [1.54, 1.807) is 0 Å². The Balaban J connectivity index is 1.57. The molecule has 1 atom stereocenters. The first kappa shape index (κ1) is 43.3. The van der Waals surface area contributed by atoms with E-state index in [2.05, 4.69) is 152 Å². The van der Waals surface area contributed by atoms with Gasteiger partial charge in [-0.2, -0.15) is 0 Å². The van der Waals surface area contributed by atoms with Crippen molar-refractivity contribution in [2.45, 2.75) is 163 Å². The summed E-state index contributed by atoms with van der Waals surface area (Å²) in [5.74, 6) is 1.08. The van der Waals surface area contributed by atoms with Gasteiger partial charge in [0.25, 0.3) is 0 Å². The topological polar surface area (TPSA) is 87.0 Å². The van der Waals surface area contributed by atoms with Crippen LogP contribution in [-0.4, -0.2) is 26.7 Å². The Morgan fingerprint density at radius 2 is 0.767 bits per heavy atom. The van der Waals surface area contributed by atoms with Crippen molar-refractivity contribution < 1.29 is 24.9 Å². The number of benzene rings is 4. The fourth-order valence-corrected chi connectivity index (χ4v) is 8.95. The zero-order chi connectivity index (χ0) is 44.3. The minimum Gasteiger partial charge on any atom is -0.507 e. The summed E-state index contributed by atoms with van der Waals surface area (Å²) in [6.07, 6.45) is 5.68. The molecule has 1 spiro atoms. The van der Waals surface area contributed by atoms with Crippen molar-refractivity contribution in [2.75, 3.05) is 0 Å². The Morgan fingerprint density at radius 1 is 0.450 bits per heavy atom. The third-order valence-electron chi connectivity index (χ3n) is 13.0. The first-order valence-electron chi connectivity index (χ1n) is 21.8. The number of Topliss-reactive ketones (excluding diaryl/α,β-unsaturated/α-hetero) is 1. The number of ketones is 1. The van der Waals surface area contributed by atoms with Crippen LogP contribution in [0.4, 0.5) is 0 Å². The minimum atomic E-state index is -1.27. The third kappa shape index (κ3) is 8.06. The summed E-state index contributed by atoms with van der Waals surface area (Å²) in [5, 5.41) is 36.9. The molecule has 318 valence electrons. The molecule has 0 saturated carbocycles. The molecule has 3 N–H and O–H groups in total. The number of fused-ring (bicyclic) bond motifs is 7. The summed E-state index contributed by atoms with van der Waals surface area (Å²) in [4.78, 5) is 15.3. The number of aromatic hydroxyl groups is 3. The second-order valence-corrected chi connectivity index (χ2v) is 23.3. The lowest BCUT2D eigenvalue weighted by molar-refractivity contribution is -0.126. The number of rotatable bonds is 0. The summed E-state index contributed by atoms with van der Waals surface area (Å²) in [6, 6.07) is 16.9. The highest BCUT2D eigenvalue weighted by molar-refractivity contribution is 6.06. The van der Waals surface area contributed by atoms with E-state index in [0.717, 1.165) is 55.6 Å². The van der Waals surface area contributed by atoms with Gasteiger partial charge in [-0.1, -0.05) is 158 Å². The van der Waals surface area contributed by atoms with Gasteiger partial charge in [0.05, 0.1) is 0 Å². The first-order valence-corrected chi connectivity index (χ1v) is 21.8. The lowest BCUT2D eigenvalue weighted by Crippen LogP contribution is -2.45. The second-order valence-electron chi connectivity index (χ2n) is 23.3. The van der Waals surface area contributed by atoms with Gasteiger partial charge in [-0.05, 0) is 105 Å². The van der Waals surface area contributed by atoms with E-state index in [1.807, 2.05) is 12.1 Å². The molecule has 4 aromatic rings. The number of phenolic OH excluding ortho intramolecular Hbond substituents is 3. The number of phenols is 3. The molecule has 0 amide bonds. The van der Waals surface area contributed by atoms with E-state index in [-0.39, 0.29) is 62.9 Å². The summed E-state index contributed by atoms with van der Waals surface area (Å²) in [6.45, 7) is 32.6. The van der Waals surface area contributed by atoms with Gasteiger partial charge in [0.15, 0.2) is 5.60 Å². The lowest BCUT2D eigenvalue weighted by Gasteiger charge is -2.34. The van der Waals surface area contributed by atoms with Crippen LogP contribution < -0.4 is 4.74 Å². The molecule has 2 heterocycles. The normalized spacial score (nSPS) is 18.6. The predicted octanol–water partition coefficient (Wildman–Crippen LogP) is 12.5. The van der Waals surface area contributed by atoms with Crippen LogP contribution in [0.15, 0.2) is 71.8 Å². The summed E-state index contributed by atoms with van der Waals surface area (Å²) in [5.41, 5.74) is 9.63. The maximum absolute atomic E-state index is 15.3. The second kappa shape index (κ2) is 14.1. The van der Waals surface area contributed by atoms with Gasteiger partial charge in [0.2, 0.25) is 5.78 Å². The van der Waals surface area contributed by atoms with Crippen LogP contribution in [0, 0.1) is 5.41 Å². The fourth-order valence-electron chi connectivity index (χ4n) is 8.95. The van der Waals surface area contributed by atoms with Crippen LogP contribution in [0.3, 0.4) is 0 Å². The van der Waals surface area contributed by atoms with Gasteiger partial charge in [-0.3, -0.25) is 4.79 Å². The number of ether oxygens (including phenoxy) is 1. The molecule has 60 heavy (non-hydrogen) atoms. The van der Waals surface area contributed by atoms with Crippen LogP contribution in [0.2, 0.25) is 0 Å². The number of allylic oxidation sites excluding steroid dienone is 2. The molecular weight excluding hydrogens is 741 g/mol. The first-order chi connectivity index (χ1) is 27.4. The van der Waals surface area contributed by atoms with Crippen LogP contribution in [0.1, 0.15) is 171 Å². The summed E-state index contributed by atoms with van der Waals surface area (Å²) in [7, 11) is 0. The van der Waals surface area contributed by atoms with Crippen LogP contribution >= 0.6 is 0 Å². The molecule has 3 aliphatic rings. The van der Waals surface area contributed by atoms with Crippen molar-refractivity contribution in [3.05, 3.63) is 139 Å². The van der Waals surface area contributed by atoms with Crippen molar-refractivity contribution in [3.8, 4) is 23.0 Å². The molecule has 5 nitrogen and oxygen atoms in total. The van der Waals surface area contributed by atoms with E-state index in [0.29, 0.717) is 47.3 Å². The van der Waals surface area contributed by atoms with Gasteiger partial charge in [-0.25, -0.2) is 0 Å². The van der Waals surface area contributed by atoms with Crippen molar-refractivity contribution in [3.63, 3.8) is 0 Å². The molecule has 9 bridgehead atoms. The molecule has 0 saturated heterocycles. The molecule has 2 aliphatic heterocycles. The average Bonchev–Trinajstić information content (AvgIpc) is 3.48. The summed E-state index contributed by atoms with van der Waals surface area (Å²) < 4.78 is 7.14. The number of carbonyl (C=O) groups excluding carboxylic acids is 1. The van der Waals surface area contributed by atoms with E-state index in [1.165, 1.54) is 0 Å². The van der Waals surface area contributed by atoms with Crippen molar-refractivity contribution in [2.24, 2.45) is 5.41 Å². The number of hydrogen-bond acceptors (Lipinski definition) is 5. The number of carbonyl (C=O) groups is 1. The minimum absolute atomic E-state index is 0.102. The van der Waals surface area contributed by atoms with Crippen LogP contribution in [0.25, 0.3) is 0 Å². The SMILES string of the molecule is CC(C)(C)C1=CC23Cc4cc(C(C)(C)C)cc(c4O2)Cc2cc(C(C)(C)C)cc(c2O)Cc2cc(C(C)(C)C)cc(c2O)Cc2cc(C(C)(C)C)cc(c2O)CC(=C1)C3=O. The Hall–Kier alpha value is -4.77. The van der Waals surface area contributed by atoms with E-state index >= 15 is 4.79 Å². The summed E-state index contributed by atoms with van der Waals surface area (Å²) >= 11 is 0. The Bertz CT molecular complexity index is 2490. The quantitative estimate of drug-likeness (QED) is 0.165. The standard InChI is InChI=1S/C55H68O5/c1-50(2,3)40-20-31-16-33-22-41(51(4,5)6)24-35(46(33)57)18-37-26-43(53(10,11)12)28-39-29-55(60-48(37)39)30-44(54(13,14)15)27-38(49(55)59)19-36-25-42(52(7,8)9)23-34(47(36)58)17-32(21-40)45(31)56/h20-28,30,56-58H,16-19,29H2,1-15H3. The highest BCUT2D eigenvalue weighted by Gasteiger charge is 2.49. The highest BCUT2D eigenvalue weighted by atomic mass is 16.5. The van der Waals surface area contributed by atoms with Crippen molar-refractivity contribution in [1.82, 2.24) is 0 Å². The van der Waals surface area contributed by atoms with E-state index < -0.39 is 5.60 Å². The largest absolute Gasteiger partial charge is 0.507 e. The van der Waals surface area contributed by atoms with Gasteiger partial charge < -0.3 is 20.1 Å². The van der Waals surface area contributed by atoms with Gasteiger partial charge in [0, 0.05) is 37.7 Å². The smallest absolute Gasteiger partial charge is 0.207 e. The molecule has 7 rings (SSSR count). The van der Waals surface area contributed by atoms with Gasteiger partial charge >= 0.3 is 0 Å². The Labute approximate surface area is 359 Å². The van der Waals surface area contributed by atoms with Crippen LogP contribution in [0.5, 0.6) is 23.0 Å². The average molecular weight is 809 g/mol. The van der Waals surface area contributed by atoms with Crippen molar-refractivity contribution >= 4 is 5.78 Å². The molecule has 1 aliphatic carbocycles. The molecule has 0 aromatic heterocycles. The molecule has 0 radical (unpaired) electrons. The maximum Gasteiger partial charge on any atom is 0.207 e. The maximum atomic E-state index is 15.3. The molecule has 0 fully saturated rings. The van der Waals surface area contributed by atoms with E-state index in [9.17, 15) is 15.3 Å². The predicted molar refractivity (Wildman–Crippen MR) is 245 cm³/mol. The zero-order valence-corrected chi connectivity index (χ0v) is 39.0. The monoisotopic (exact) mass is 809 g/mol. The number of hydrogen-bond donors (Lipinski definition) is 3. The van der Waals surface area contributed by atoms with Gasteiger partial charge in [0.1, 0.15) is 23.0 Å². The van der Waals surface area contributed by atoms with Gasteiger partial charge in [-0.15, -0.1) is 0 Å². The lowest BCUT2D eigenvalue weighted by atomic mass is 9.73. The third-order valence-corrected chi connectivity index (χ3v) is 13.0. The molecule has 1 unspecified atom stereocenters. The Kier molecular flexibility index (Phi) is 10.2. The van der Waals surface area contributed by atoms with Crippen molar-refractivity contribution in [1.29, 1.82) is 0 Å². The van der Waals surface area contributed by atoms with Crippen LogP contribution in [-0.2, 0) is 58.6 Å². The molecule has 4 aromatic carbocycles. The highest BCUT2D eigenvalue weighted by Crippen LogP contribution is 2.49. The fraction of sp³-hybridized carbons (Fsp3) is 0.473. The molecule has 5 heteroatoms. The van der Waals surface area contributed by atoms with E-state index in [4.69, 9.17) is 4.74 Å².